The number of benzene rings is 1. The quantitative estimate of drug-likeness (QED) is 0.588. The van der Waals surface area contributed by atoms with E-state index in [0.29, 0.717) is 6.71 Å². The fourth-order valence-electron chi connectivity index (χ4n) is 0.838. The van der Waals surface area contributed by atoms with E-state index in [1.165, 1.54) is 11.9 Å². The fraction of sp³-hybridized carbons (Fsp3) is 0.538. The molecule has 1 aromatic carbocycles. The van der Waals surface area contributed by atoms with Gasteiger partial charge in [-0.05, 0) is 0 Å². The first-order valence-electron chi connectivity index (χ1n) is 5.77. The van der Waals surface area contributed by atoms with Crippen LogP contribution < -0.4 is 5.46 Å². The zero-order valence-electron chi connectivity index (χ0n) is 10.7. The molecule has 0 amide bonds. The van der Waals surface area contributed by atoms with Crippen molar-refractivity contribution in [1.82, 2.24) is 0 Å². The van der Waals surface area contributed by atoms with Gasteiger partial charge in [0, 0.05) is 0 Å². The molecule has 0 aliphatic heterocycles. The van der Waals surface area contributed by atoms with Gasteiger partial charge in [0.2, 0.25) is 0 Å². The number of hydrogen-bond donors (Lipinski definition) is 0. The molecule has 0 radical (unpaired) electrons. The third-order valence-corrected chi connectivity index (χ3v) is 1.47. The highest BCUT2D eigenvalue weighted by Crippen LogP contribution is 1.85. The van der Waals surface area contributed by atoms with Gasteiger partial charge in [-0.3, -0.25) is 0 Å². The summed E-state index contributed by atoms with van der Waals surface area (Å²) < 4.78 is 0. The molecule has 0 atom stereocenters. The summed E-state index contributed by atoms with van der Waals surface area (Å²) in [6, 6.07) is 10.5. The van der Waals surface area contributed by atoms with Gasteiger partial charge in [0.15, 0.2) is 6.71 Å². The zero-order valence-corrected chi connectivity index (χ0v) is 10.7. The Morgan fingerprint density at radius 1 is 0.929 bits per heavy atom. The Bertz CT molecular complexity index is 180. The Morgan fingerprint density at radius 3 is 1.50 bits per heavy atom. The molecule has 1 aromatic rings. The summed E-state index contributed by atoms with van der Waals surface area (Å²) in [5, 5.41) is 0. The molecule has 0 saturated carbocycles. The summed E-state index contributed by atoms with van der Waals surface area (Å²) in [6.07, 6.45) is 1.25. The van der Waals surface area contributed by atoms with Crippen molar-refractivity contribution in [1.29, 1.82) is 0 Å². The molecule has 0 unspecified atom stereocenters. The molecule has 1 rings (SSSR count). The van der Waals surface area contributed by atoms with Crippen LogP contribution >= 0.6 is 0 Å². The van der Waals surface area contributed by atoms with Crippen LogP contribution in [0, 0.1) is 0 Å². The first-order chi connectivity index (χ1) is 6.72. The average Bonchev–Trinajstić information content (AvgIpc) is 2.23. The summed E-state index contributed by atoms with van der Waals surface area (Å²) in [6.45, 7) is 13.3. The molecular formula is C13H25B. The Balaban J connectivity index is 0. The molecule has 14 heavy (non-hydrogen) atoms. The normalized spacial score (nSPS) is 7.57. The summed E-state index contributed by atoms with van der Waals surface area (Å²) in [7, 11) is 0. The molecule has 1 heteroatoms. The van der Waals surface area contributed by atoms with Gasteiger partial charge in [-0.25, -0.2) is 0 Å². The van der Waals surface area contributed by atoms with Gasteiger partial charge in [-0.2, -0.15) is 0 Å². The smallest absolute Gasteiger partial charge is 0.0819 e. The third-order valence-electron chi connectivity index (χ3n) is 1.47. The summed E-state index contributed by atoms with van der Waals surface area (Å²) in [4.78, 5) is 0. The molecule has 0 aromatic heterocycles. The van der Waals surface area contributed by atoms with Gasteiger partial charge in [0.1, 0.15) is 0 Å². The van der Waals surface area contributed by atoms with Crippen molar-refractivity contribution in [3.05, 3.63) is 30.3 Å². The van der Waals surface area contributed by atoms with E-state index in [1.54, 1.807) is 0 Å². The van der Waals surface area contributed by atoms with Crippen LogP contribution in [-0.2, 0) is 0 Å². The first-order valence-corrected chi connectivity index (χ1v) is 5.77. The highest BCUT2D eigenvalue weighted by molar-refractivity contribution is 6.70. The number of hydrogen-bond acceptors (Lipinski definition) is 0. The van der Waals surface area contributed by atoms with Crippen molar-refractivity contribution in [2.75, 3.05) is 0 Å². The molecule has 0 fully saturated rings. The van der Waals surface area contributed by atoms with Crippen LogP contribution in [0.1, 0.15) is 34.1 Å². The molecule has 0 bridgehead atoms. The van der Waals surface area contributed by atoms with Gasteiger partial charge in [-0.15, -0.1) is 0 Å². The maximum absolute atomic E-state index is 2.20. The monoisotopic (exact) mass is 192 g/mol. The molecule has 0 nitrogen and oxygen atoms in total. The Kier molecular flexibility index (Phi) is 13.8. The molecule has 0 saturated heterocycles. The highest BCUT2D eigenvalue weighted by atomic mass is 13.8. The lowest BCUT2D eigenvalue weighted by Crippen LogP contribution is -2.21. The van der Waals surface area contributed by atoms with E-state index in [4.69, 9.17) is 0 Å². The van der Waals surface area contributed by atoms with E-state index in [9.17, 15) is 0 Å². The number of rotatable bonds is 1. The lowest BCUT2D eigenvalue weighted by molar-refractivity contribution is 1.09. The molecule has 0 aliphatic carbocycles. The van der Waals surface area contributed by atoms with Crippen LogP contribution in [0.3, 0.4) is 0 Å². The second-order valence-electron chi connectivity index (χ2n) is 3.27. The van der Waals surface area contributed by atoms with Crippen LogP contribution in [0.4, 0.5) is 0 Å². The van der Waals surface area contributed by atoms with Crippen molar-refractivity contribution >= 4 is 12.2 Å². The Morgan fingerprint density at radius 2 is 1.29 bits per heavy atom. The molecule has 0 aliphatic rings. The molecule has 0 N–H and O–H groups in total. The fourth-order valence-corrected chi connectivity index (χ4v) is 0.838. The maximum atomic E-state index is 2.20. The van der Waals surface area contributed by atoms with Crippen molar-refractivity contribution in [2.45, 2.75) is 47.8 Å². The van der Waals surface area contributed by atoms with Crippen molar-refractivity contribution in [3.63, 3.8) is 0 Å². The van der Waals surface area contributed by atoms with Crippen LogP contribution in [0.15, 0.2) is 30.3 Å². The molecule has 80 valence electrons. The standard InChI is InChI=1S/C8H11B.C3H8.C2H6/c1-9(2)8-6-4-3-5-7-8;1-3-2;1-2/h3-7H,1-2H3;3H2,1-2H3;1-2H3. The summed E-state index contributed by atoms with van der Waals surface area (Å²) >= 11 is 0. The Hall–Kier alpha value is -0.715. The summed E-state index contributed by atoms with van der Waals surface area (Å²) in [5.74, 6) is 0. The van der Waals surface area contributed by atoms with E-state index in [0.717, 1.165) is 0 Å². The molecular weight excluding hydrogens is 167 g/mol. The lowest BCUT2D eigenvalue weighted by Gasteiger charge is -1.98. The van der Waals surface area contributed by atoms with E-state index in [1.807, 2.05) is 19.9 Å². The predicted molar refractivity (Wildman–Crippen MR) is 70.9 cm³/mol. The van der Waals surface area contributed by atoms with Crippen LogP contribution in [0.25, 0.3) is 0 Å². The summed E-state index contributed by atoms with van der Waals surface area (Å²) in [5.41, 5.74) is 1.41. The third kappa shape index (κ3) is 9.37. The van der Waals surface area contributed by atoms with Crippen LogP contribution in [0.2, 0.25) is 13.6 Å². The first kappa shape index (κ1) is 15.7. The molecule has 0 spiro atoms. The Labute approximate surface area is 90.8 Å². The van der Waals surface area contributed by atoms with E-state index in [2.05, 4.69) is 51.8 Å². The lowest BCUT2D eigenvalue weighted by atomic mass is 9.49. The minimum Gasteiger partial charge on any atom is -0.0819 e. The van der Waals surface area contributed by atoms with Gasteiger partial charge < -0.3 is 0 Å². The van der Waals surface area contributed by atoms with E-state index >= 15 is 0 Å². The largest absolute Gasteiger partial charge is 0.169 e. The van der Waals surface area contributed by atoms with E-state index < -0.39 is 0 Å². The second-order valence-corrected chi connectivity index (χ2v) is 3.27. The maximum Gasteiger partial charge on any atom is 0.169 e. The van der Waals surface area contributed by atoms with Crippen molar-refractivity contribution in [3.8, 4) is 0 Å². The van der Waals surface area contributed by atoms with Gasteiger partial charge in [-0.1, -0.05) is 83.6 Å². The van der Waals surface area contributed by atoms with Gasteiger partial charge >= 0.3 is 0 Å². The zero-order chi connectivity index (χ0) is 11.4. The predicted octanol–water partition coefficient (Wildman–Crippen LogP) is 4.09. The van der Waals surface area contributed by atoms with Gasteiger partial charge in [0.25, 0.3) is 0 Å². The molecule has 0 heterocycles. The average molecular weight is 192 g/mol. The highest BCUT2D eigenvalue weighted by Gasteiger charge is 1.98. The minimum absolute atomic E-state index is 0.659. The van der Waals surface area contributed by atoms with Crippen molar-refractivity contribution < 1.29 is 0 Å². The van der Waals surface area contributed by atoms with Crippen molar-refractivity contribution in [2.24, 2.45) is 0 Å². The van der Waals surface area contributed by atoms with Crippen LogP contribution in [0.5, 0.6) is 0 Å². The topological polar surface area (TPSA) is 0 Å². The van der Waals surface area contributed by atoms with Gasteiger partial charge in [0.05, 0.1) is 0 Å². The second kappa shape index (κ2) is 12.3. The van der Waals surface area contributed by atoms with Crippen LogP contribution in [-0.4, -0.2) is 6.71 Å². The SMILES string of the molecule is CB(C)c1ccccc1.CC.CCC. The minimum atomic E-state index is 0.659. The van der Waals surface area contributed by atoms with E-state index in [-0.39, 0.29) is 0 Å².